The fourth-order valence-electron chi connectivity index (χ4n) is 3.94. The highest BCUT2D eigenvalue weighted by molar-refractivity contribution is 4.98. The van der Waals surface area contributed by atoms with Crippen LogP contribution in [-0.4, -0.2) is 0 Å². The van der Waals surface area contributed by atoms with Gasteiger partial charge in [-0.05, 0) is 54.8 Å². The van der Waals surface area contributed by atoms with Gasteiger partial charge in [-0.1, -0.05) is 27.7 Å². The maximum atomic E-state index is 2.54. The normalized spacial score (nSPS) is 45.2. The van der Waals surface area contributed by atoms with Gasteiger partial charge in [0.05, 0.1) is 0 Å². The number of fused-ring (bicyclic) bond motifs is 3. The molecule has 3 saturated carbocycles. The smallest absolute Gasteiger partial charge is 0.0292 e. The molecule has 0 aromatic heterocycles. The molecule has 1 atom stereocenters. The average Bonchev–Trinajstić information content (AvgIpc) is 2.03. The molecule has 0 aromatic rings. The fraction of sp³-hybridized carbons (Fsp3) is 1.00. The van der Waals surface area contributed by atoms with Crippen LogP contribution in [0.3, 0.4) is 0 Å². The summed E-state index contributed by atoms with van der Waals surface area (Å²) in [5, 5.41) is 0. The zero-order valence-electron chi connectivity index (χ0n) is 9.69. The third kappa shape index (κ3) is 1.53. The highest BCUT2D eigenvalue weighted by atomic mass is 14.5. The first-order chi connectivity index (χ1) is 5.92. The minimum absolute atomic E-state index is 0.536. The standard InChI is InChI=1S/C13H24/c1-12(2,3)11-9-10-5-7-13(11,4)8-6-10/h10-11H,5-9H2,1-4H3. The summed E-state index contributed by atoms with van der Waals surface area (Å²) in [6.07, 6.45) is 7.55. The lowest BCUT2D eigenvalue weighted by molar-refractivity contribution is -0.0483. The number of rotatable bonds is 0. The molecule has 3 fully saturated rings. The lowest BCUT2D eigenvalue weighted by Crippen LogP contribution is -2.45. The van der Waals surface area contributed by atoms with Crippen LogP contribution in [0.1, 0.15) is 59.8 Å². The van der Waals surface area contributed by atoms with Crippen molar-refractivity contribution in [3.05, 3.63) is 0 Å². The lowest BCUT2D eigenvalue weighted by Gasteiger charge is -2.55. The maximum Gasteiger partial charge on any atom is -0.0292 e. The second kappa shape index (κ2) is 2.74. The first-order valence-electron chi connectivity index (χ1n) is 5.92. The average molecular weight is 180 g/mol. The third-order valence-corrected chi connectivity index (χ3v) is 4.70. The Balaban J connectivity index is 2.21. The van der Waals surface area contributed by atoms with Crippen LogP contribution in [0.2, 0.25) is 0 Å². The van der Waals surface area contributed by atoms with Crippen LogP contribution in [-0.2, 0) is 0 Å². The number of hydrogen-bond donors (Lipinski definition) is 0. The Morgan fingerprint density at radius 2 is 1.62 bits per heavy atom. The molecule has 3 aliphatic carbocycles. The molecular formula is C13H24. The van der Waals surface area contributed by atoms with E-state index in [1.807, 2.05) is 0 Å². The minimum atomic E-state index is 0.536. The number of hydrogen-bond acceptors (Lipinski definition) is 0. The van der Waals surface area contributed by atoms with Gasteiger partial charge in [0.25, 0.3) is 0 Å². The van der Waals surface area contributed by atoms with E-state index in [2.05, 4.69) is 27.7 Å². The lowest BCUT2D eigenvalue weighted by atomic mass is 9.50. The van der Waals surface area contributed by atoms with E-state index < -0.39 is 0 Å². The summed E-state index contributed by atoms with van der Waals surface area (Å²) in [7, 11) is 0. The summed E-state index contributed by atoms with van der Waals surface area (Å²) in [5.74, 6) is 2.05. The summed E-state index contributed by atoms with van der Waals surface area (Å²) >= 11 is 0. The Kier molecular flexibility index (Phi) is 2.02. The quantitative estimate of drug-likeness (QED) is 0.523. The van der Waals surface area contributed by atoms with Gasteiger partial charge in [-0.15, -0.1) is 0 Å². The molecule has 2 bridgehead atoms. The van der Waals surface area contributed by atoms with Crippen LogP contribution in [0.15, 0.2) is 0 Å². The van der Waals surface area contributed by atoms with E-state index in [9.17, 15) is 0 Å². The largest absolute Gasteiger partial charge is 0.0599 e. The van der Waals surface area contributed by atoms with Gasteiger partial charge in [-0.25, -0.2) is 0 Å². The summed E-state index contributed by atoms with van der Waals surface area (Å²) in [4.78, 5) is 0. The van der Waals surface area contributed by atoms with Crippen LogP contribution in [0.4, 0.5) is 0 Å². The Labute approximate surface area is 83.1 Å². The summed E-state index contributed by atoms with van der Waals surface area (Å²) in [5.41, 5.74) is 1.22. The predicted octanol–water partition coefficient (Wildman–Crippen LogP) is 4.25. The fourth-order valence-corrected chi connectivity index (χ4v) is 3.94. The molecule has 0 N–H and O–H groups in total. The first-order valence-corrected chi connectivity index (χ1v) is 5.92. The van der Waals surface area contributed by atoms with Crippen molar-refractivity contribution in [2.45, 2.75) is 59.8 Å². The van der Waals surface area contributed by atoms with E-state index in [1.165, 1.54) is 32.1 Å². The van der Waals surface area contributed by atoms with Crippen molar-refractivity contribution in [2.24, 2.45) is 22.7 Å². The van der Waals surface area contributed by atoms with Gasteiger partial charge >= 0.3 is 0 Å². The van der Waals surface area contributed by atoms with E-state index in [4.69, 9.17) is 0 Å². The Hall–Kier alpha value is 0. The topological polar surface area (TPSA) is 0 Å². The molecule has 76 valence electrons. The van der Waals surface area contributed by atoms with Crippen molar-refractivity contribution in [2.75, 3.05) is 0 Å². The van der Waals surface area contributed by atoms with Crippen molar-refractivity contribution in [1.29, 1.82) is 0 Å². The molecule has 0 heterocycles. The zero-order valence-corrected chi connectivity index (χ0v) is 9.69. The Morgan fingerprint density at radius 1 is 1.08 bits per heavy atom. The molecule has 0 aromatic carbocycles. The van der Waals surface area contributed by atoms with Gasteiger partial charge in [-0.2, -0.15) is 0 Å². The predicted molar refractivity (Wildman–Crippen MR) is 57.6 cm³/mol. The molecule has 0 heteroatoms. The SMILES string of the molecule is CC(C)(C)C1CC2CCC1(C)CC2. The third-order valence-electron chi connectivity index (χ3n) is 4.70. The van der Waals surface area contributed by atoms with Gasteiger partial charge in [0.1, 0.15) is 0 Å². The van der Waals surface area contributed by atoms with E-state index >= 15 is 0 Å². The summed E-state index contributed by atoms with van der Waals surface area (Å²) in [6, 6.07) is 0. The highest BCUT2D eigenvalue weighted by Gasteiger charge is 2.48. The molecule has 0 nitrogen and oxygen atoms in total. The molecule has 0 radical (unpaired) electrons. The van der Waals surface area contributed by atoms with Gasteiger partial charge in [0.15, 0.2) is 0 Å². The van der Waals surface area contributed by atoms with Crippen LogP contribution < -0.4 is 0 Å². The van der Waals surface area contributed by atoms with Crippen LogP contribution in [0, 0.1) is 22.7 Å². The molecule has 0 spiro atoms. The molecule has 3 aliphatic rings. The summed E-state index contributed by atoms with van der Waals surface area (Å²) in [6.45, 7) is 9.84. The molecule has 3 rings (SSSR count). The van der Waals surface area contributed by atoms with E-state index in [0.717, 1.165) is 11.8 Å². The van der Waals surface area contributed by atoms with Crippen LogP contribution in [0.5, 0.6) is 0 Å². The van der Waals surface area contributed by atoms with E-state index in [1.54, 1.807) is 0 Å². The second-order valence-corrected chi connectivity index (χ2v) is 6.75. The molecular weight excluding hydrogens is 156 g/mol. The van der Waals surface area contributed by atoms with Crippen molar-refractivity contribution in [3.63, 3.8) is 0 Å². The van der Waals surface area contributed by atoms with Crippen molar-refractivity contribution < 1.29 is 0 Å². The van der Waals surface area contributed by atoms with Gasteiger partial charge in [0.2, 0.25) is 0 Å². The Bertz CT molecular complexity index is 189. The van der Waals surface area contributed by atoms with Gasteiger partial charge in [-0.3, -0.25) is 0 Å². The van der Waals surface area contributed by atoms with Crippen LogP contribution in [0.25, 0.3) is 0 Å². The molecule has 1 unspecified atom stereocenters. The first kappa shape index (κ1) is 9.55. The van der Waals surface area contributed by atoms with Crippen molar-refractivity contribution in [3.8, 4) is 0 Å². The second-order valence-electron chi connectivity index (χ2n) is 6.75. The van der Waals surface area contributed by atoms with E-state index in [0.29, 0.717) is 10.8 Å². The van der Waals surface area contributed by atoms with Crippen LogP contribution >= 0.6 is 0 Å². The Morgan fingerprint density at radius 3 is 1.92 bits per heavy atom. The zero-order chi connectivity index (χ0) is 9.69. The monoisotopic (exact) mass is 180 g/mol. The maximum absolute atomic E-state index is 2.54. The highest BCUT2D eigenvalue weighted by Crippen LogP contribution is 2.58. The molecule has 0 aliphatic heterocycles. The van der Waals surface area contributed by atoms with E-state index in [-0.39, 0.29) is 0 Å². The summed E-state index contributed by atoms with van der Waals surface area (Å²) < 4.78 is 0. The van der Waals surface area contributed by atoms with Gasteiger partial charge < -0.3 is 0 Å². The minimum Gasteiger partial charge on any atom is -0.0599 e. The van der Waals surface area contributed by atoms with Gasteiger partial charge in [0, 0.05) is 0 Å². The van der Waals surface area contributed by atoms with Crippen molar-refractivity contribution >= 4 is 0 Å². The molecule has 0 saturated heterocycles. The molecule has 13 heavy (non-hydrogen) atoms. The molecule has 0 amide bonds. The van der Waals surface area contributed by atoms with Crippen molar-refractivity contribution in [1.82, 2.24) is 0 Å².